The zero-order valence-corrected chi connectivity index (χ0v) is 9.83. The Morgan fingerprint density at radius 1 is 1.47 bits per heavy atom. The first kappa shape index (κ1) is 12.5. The fourth-order valence-corrected chi connectivity index (χ4v) is 2.32. The van der Waals surface area contributed by atoms with Crippen LogP contribution in [0.1, 0.15) is 33.1 Å². The van der Waals surface area contributed by atoms with E-state index in [-0.39, 0.29) is 11.9 Å². The molecule has 1 amide bonds. The van der Waals surface area contributed by atoms with E-state index >= 15 is 0 Å². The average Bonchev–Trinajstić information content (AvgIpc) is 2.61. The average molecular weight is 213 g/mol. The molecule has 1 saturated carbocycles. The number of carbonyl (C=O) groups excluding carboxylic acids is 1. The van der Waals surface area contributed by atoms with E-state index in [0.29, 0.717) is 19.1 Å². The number of hydrogen-bond acceptors (Lipinski definition) is 3. The van der Waals surface area contributed by atoms with Crippen LogP contribution in [-0.2, 0) is 4.79 Å². The first-order valence-corrected chi connectivity index (χ1v) is 5.95. The molecule has 0 aromatic rings. The fraction of sp³-hybridized carbons (Fsp3) is 0.909. The predicted molar refractivity (Wildman–Crippen MR) is 61.5 cm³/mol. The highest BCUT2D eigenvalue weighted by Crippen LogP contribution is 2.22. The summed E-state index contributed by atoms with van der Waals surface area (Å²) in [5, 5.41) is 2.83. The number of amides is 1. The van der Waals surface area contributed by atoms with Gasteiger partial charge in [0, 0.05) is 18.6 Å². The van der Waals surface area contributed by atoms with Gasteiger partial charge in [0.1, 0.15) is 0 Å². The van der Waals surface area contributed by atoms with Gasteiger partial charge >= 0.3 is 0 Å². The summed E-state index contributed by atoms with van der Waals surface area (Å²) in [6.07, 6.45) is 3.42. The van der Waals surface area contributed by atoms with Crippen molar-refractivity contribution in [1.29, 1.82) is 0 Å². The highest BCUT2D eigenvalue weighted by atomic mass is 16.2. The molecule has 0 spiro atoms. The Labute approximate surface area is 92.2 Å². The molecule has 1 aliphatic carbocycles. The van der Waals surface area contributed by atoms with E-state index in [1.54, 1.807) is 0 Å². The third kappa shape index (κ3) is 3.47. The molecule has 0 aromatic carbocycles. The van der Waals surface area contributed by atoms with Crippen molar-refractivity contribution in [3.05, 3.63) is 0 Å². The van der Waals surface area contributed by atoms with Crippen molar-refractivity contribution in [2.75, 3.05) is 19.6 Å². The second-order valence-corrected chi connectivity index (χ2v) is 4.18. The number of nitrogens with zero attached hydrogens (tertiary/aromatic N) is 1. The summed E-state index contributed by atoms with van der Waals surface area (Å²) in [4.78, 5) is 13.7. The van der Waals surface area contributed by atoms with E-state index in [1.807, 2.05) is 6.92 Å². The number of carbonyl (C=O) groups is 1. The number of nitrogens with one attached hydrogen (secondary N) is 1. The summed E-state index contributed by atoms with van der Waals surface area (Å²) in [6, 6.07) is 0.650. The second kappa shape index (κ2) is 6.08. The lowest BCUT2D eigenvalue weighted by Crippen LogP contribution is -2.48. The Balaban J connectivity index is 2.44. The van der Waals surface area contributed by atoms with E-state index < -0.39 is 0 Å². The van der Waals surface area contributed by atoms with Crippen LogP contribution in [-0.4, -0.2) is 42.5 Å². The van der Waals surface area contributed by atoms with Gasteiger partial charge in [-0.3, -0.25) is 9.69 Å². The molecule has 0 aromatic heterocycles. The lowest BCUT2D eigenvalue weighted by Gasteiger charge is -2.29. The van der Waals surface area contributed by atoms with Gasteiger partial charge in [0.25, 0.3) is 0 Å². The third-order valence-electron chi connectivity index (χ3n) is 3.13. The van der Waals surface area contributed by atoms with Gasteiger partial charge in [-0.1, -0.05) is 13.3 Å². The van der Waals surface area contributed by atoms with Gasteiger partial charge in [0.2, 0.25) is 5.91 Å². The summed E-state index contributed by atoms with van der Waals surface area (Å²) >= 11 is 0. The smallest absolute Gasteiger partial charge is 0.234 e. The number of hydrogen-bond donors (Lipinski definition) is 2. The van der Waals surface area contributed by atoms with Crippen LogP contribution < -0.4 is 11.1 Å². The molecule has 88 valence electrons. The van der Waals surface area contributed by atoms with Crippen molar-refractivity contribution >= 4 is 5.91 Å². The van der Waals surface area contributed by atoms with Gasteiger partial charge in [-0.15, -0.1) is 0 Å². The summed E-state index contributed by atoms with van der Waals surface area (Å²) in [5.74, 6) is 0.110. The highest BCUT2D eigenvalue weighted by Gasteiger charge is 2.29. The van der Waals surface area contributed by atoms with Crippen LogP contribution in [0.2, 0.25) is 0 Å². The molecule has 15 heavy (non-hydrogen) atoms. The standard InChI is InChI=1S/C11H23N3O/c1-3-13-11(15)8-14(4-2)10-7-5-6-9(10)12/h9-10H,3-8,12H2,1-2H3,(H,13,15). The Kier molecular flexibility index (Phi) is 5.05. The monoisotopic (exact) mass is 213 g/mol. The minimum Gasteiger partial charge on any atom is -0.355 e. The molecule has 2 unspecified atom stereocenters. The molecular formula is C11H23N3O. The quantitative estimate of drug-likeness (QED) is 0.691. The molecule has 3 N–H and O–H groups in total. The number of nitrogens with two attached hydrogens (primary N) is 1. The topological polar surface area (TPSA) is 58.4 Å². The van der Waals surface area contributed by atoms with Crippen LogP contribution in [0.4, 0.5) is 0 Å². The van der Waals surface area contributed by atoms with Crippen LogP contribution in [0.15, 0.2) is 0 Å². The molecule has 2 atom stereocenters. The van der Waals surface area contributed by atoms with Crippen LogP contribution in [0.3, 0.4) is 0 Å². The Morgan fingerprint density at radius 2 is 2.20 bits per heavy atom. The Morgan fingerprint density at radius 3 is 2.67 bits per heavy atom. The van der Waals surface area contributed by atoms with E-state index in [4.69, 9.17) is 5.73 Å². The molecule has 1 rings (SSSR count). The van der Waals surface area contributed by atoms with Crippen molar-refractivity contribution in [3.8, 4) is 0 Å². The molecule has 1 aliphatic rings. The first-order valence-electron chi connectivity index (χ1n) is 5.95. The molecular weight excluding hydrogens is 190 g/mol. The Bertz CT molecular complexity index is 208. The van der Waals surface area contributed by atoms with E-state index in [2.05, 4.69) is 17.1 Å². The van der Waals surface area contributed by atoms with Crippen LogP contribution >= 0.6 is 0 Å². The summed E-state index contributed by atoms with van der Waals surface area (Å²) in [6.45, 7) is 6.12. The fourth-order valence-electron chi connectivity index (χ4n) is 2.32. The summed E-state index contributed by atoms with van der Waals surface area (Å²) in [5.41, 5.74) is 6.03. The first-order chi connectivity index (χ1) is 7.19. The van der Waals surface area contributed by atoms with Gasteiger partial charge in [-0.2, -0.15) is 0 Å². The molecule has 1 fully saturated rings. The van der Waals surface area contributed by atoms with E-state index in [1.165, 1.54) is 6.42 Å². The van der Waals surface area contributed by atoms with Gasteiger partial charge < -0.3 is 11.1 Å². The van der Waals surface area contributed by atoms with Gasteiger partial charge in [-0.05, 0) is 26.3 Å². The maximum absolute atomic E-state index is 11.5. The highest BCUT2D eigenvalue weighted by molar-refractivity contribution is 5.77. The summed E-state index contributed by atoms with van der Waals surface area (Å²) in [7, 11) is 0. The predicted octanol–water partition coefficient (Wildman–Crippen LogP) is 0.324. The van der Waals surface area contributed by atoms with E-state index in [9.17, 15) is 4.79 Å². The van der Waals surface area contributed by atoms with Crippen molar-refractivity contribution in [3.63, 3.8) is 0 Å². The van der Waals surface area contributed by atoms with E-state index in [0.717, 1.165) is 19.4 Å². The van der Waals surface area contributed by atoms with Crippen molar-refractivity contribution in [2.45, 2.75) is 45.2 Å². The van der Waals surface area contributed by atoms with Crippen molar-refractivity contribution in [2.24, 2.45) is 5.73 Å². The molecule has 4 heteroatoms. The van der Waals surface area contributed by atoms with Gasteiger partial charge in [-0.25, -0.2) is 0 Å². The lowest BCUT2D eigenvalue weighted by molar-refractivity contribution is -0.122. The normalized spacial score (nSPS) is 25.9. The lowest BCUT2D eigenvalue weighted by atomic mass is 10.1. The minimum absolute atomic E-state index is 0.110. The number of rotatable bonds is 5. The molecule has 4 nitrogen and oxygen atoms in total. The zero-order chi connectivity index (χ0) is 11.3. The maximum Gasteiger partial charge on any atom is 0.234 e. The number of likely N-dealkylation sites (N-methyl/N-ethyl adjacent to an activating group) is 2. The molecule has 0 heterocycles. The van der Waals surface area contributed by atoms with Crippen LogP contribution in [0.5, 0.6) is 0 Å². The van der Waals surface area contributed by atoms with Crippen molar-refractivity contribution < 1.29 is 4.79 Å². The van der Waals surface area contributed by atoms with Gasteiger partial charge in [0.05, 0.1) is 6.54 Å². The maximum atomic E-state index is 11.5. The van der Waals surface area contributed by atoms with Crippen molar-refractivity contribution in [1.82, 2.24) is 10.2 Å². The second-order valence-electron chi connectivity index (χ2n) is 4.18. The molecule has 0 aliphatic heterocycles. The third-order valence-corrected chi connectivity index (χ3v) is 3.13. The minimum atomic E-state index is 0.110. The van der Waals surface area contributed by atoms with Gasteiger partial charge in [0.15, 0.2) is 0 Å². The summed E-state index contributed by atoms with van der Waals surface area (Å²) < 4.78 is 0. The zero-order valence-electron chi connectivity index (χ0n) is 9.83. The molecule has 0 saturated heterocycles. The SMILES string of the molecule is CCNC(=O)CN(CC)C1CCCC1N. The molecule has 0 radical (unpaired) electrons. The van der Waals surface area contributed by atoms with Crippen LogP contribution in [0, 0.1) is 0 Å². The van der Waals surface area contributed by atoms with Crippen LogP contribution in [0.25, 0.3) is 0 Å². The largest absolute Gasteiger partial charge is 0.355 e. The Hall–Kier alpha value is -0.610. The molecule has 0 bridgehead atoms.